The van der Waals surface area contributed by atoms with Gasteiger partial charge in [-0.05, 0) is 83.5 Å². The summed E-state index contributed by atoms with van der Waals surface area (Å²) in [5.74, 6) is -0.482. The molecule has 250 valence electrons. The van der Waals surface area contributed by atoms with Gasteiger partial charge in [0.15, 0.2) is 5.16 Å². The van der Waals surface area contributed by atoms with Gasteiger partial charge in [0, 0.05) is 30.0 Å². The Hall–Kier alpha value is -4.77. The van der Waals surface area contributed by atoms with Crippen molar-refractivity contribution < 1.29 is 26.7 Å². The summed E-state index contributed by atoms with van der Waals surface area (Å²) in [6.07, 6.45) is -2.07. The second kappa shape index (κ2) is 13.3. The van der Waals surface area contributed by atoms with Crippen molar-refractivity contribution in [1.82, 2.24) is 14.5 Å². The molecule has 2 heterocycles. The van der Waals surface area contributed by atoms with Gasteiger partial charge in [0.05, 0.1) is 11.6 Å². The predicted octanol–water partition coefficient (Wildman–Crippen LogP) is 8.70. The van der Waals surface area contributed by atoms with Crippen LogP contribution in [0.3, 0.4) is 0 Å². The fraction of sp³-hybridized carbons (Fsp3) is 0.237. The Morgan fingerprint density at radius 3 is 1.94 bits per heavy atom. The molecule has 1 fully saturated rings. The molecule has 11 heteroatoms. The third-order valence-electron chi connectivity index (χ3n) is 9.23. The lowest BCUT2D eigenvalue weighted by atomic mass is 9.98. The predicted molar refractivity (Wildman–Crippen MR) is 177 cm³/mol. The summed E-state index contributed by atoms with van der Waals surface area (Å²) in [7, 11) is 0. The van der Waals surface area contributed by atoms with Crippen molar-refractivity contribution in [3.05, 3.63) is 153 Å². The van der Waals surface area contributed by atoms with Crippen molar-refractivity contribution in [2.45, 2.75) is 61.4 Å². The molecule has 0 spiro atoms. The van der Waals surface area contributed by atoms with Crippen molar-refractivity contribution >= 4 is 17.7 Å². The highest BCUT2D eigenvalue weighted by molar-refractivity contribution is 7.98. The number of fused-ring (bicyclic) bond motifs is 1. The number of halogens is 5. The van der Waals surface area contributed by atoms with Crippen LogP contribution in [0.5, 0.6) is 0 Å². The topological polar surface area (TPSA) is 55.2 Å². The van der Waals surface area contributed by atoms with E-state index in [9.17, 15) is 31.5 Å². The molecule has 0 radical (unpaired) electrons. The molecule has 7 rings (SSSR count). The van der Waals surface area contributed by atoms with Crippen LogP contribution >= 0.6 is 11.8 Å². The largest absolute Gasteiger partial charge is 0.416 e. The zero-order valence-corrected chi connectivity index (χ0v) is 26.9. The van der Waals surface area contributed by atoms with E-state index in [1.54, 1.807) is 29.2 Å². The van der Waals surface area contributed by atoms with Crippen LogP contribution in [0.2, 0.25) is 0 Å². The van der Waals surface area contributed by atoms with Gasteiger partial charge in [-0.2, -0.15) is 18.2 Å². The first-order valence-corrected chi connectivity index (χ1v) is 16.9. The number of carbonyl (C=O) groups is 1. The molecule has 1 saturated heterocycles. The van der Waals surface area contributed by atoms with Crippen molar-refractivity contribution in [2.24, 2.45) is 0 Å². The molecule has 1 aliphatic heterocycles. The lowest BCUT2D eigenvalue weighted by Crippen LogP contribution is -2.32. The lowest BCUT2D eigenvalue weighted by Gasteiger charge is -2.25. The van der Waals surface area contributed by atoms with Gasteiger partial charge in [0.2, 0.25) is 5.91 Å². The molecule has 1 amide bonds. The molecule has 0 bridgehead atoms. The average molecular weight is 688 g/mol. The maximum absolute atomic E-state index is 14.5. The van der Waals surface area contributed by atoms with Gasteiger partial charge < -0.3 is 9.47 Å². The number of hydrogen-bond donors (Lipinski definition) is 0. The van der Waals surface area contributed by atoms with E-state index in [4.69, 9.17) is 0 Å². The number of thioether (sulfide) groups is 1. The minimum absolute atomic E-state index is 0.163. The second-order valence-corrected chi connectivity index (χ2v) is 13.3. The first-order chi connectivity index (χ1) is 23.5. The van der Waals surface area contributed by atoms with Crippen LogP contribution in [0.15, 0.2) is 107 Å². The quantitative estimate of drug-likeness (QED) is 0.0931. The summed E-state index contributed by atoms with van der Waals surface area (Å²) in [4.78, 5) is 33.8. The zero-order valence-electron chi connectivity index (χ0n) is 26.1. The van der Waals surface area contributed by atoms with Crippen LogP contribution in [-0.2, 0) is 36.1 Å². The van der Waals surface area contributed by atoms with Crippen LogP contribution < -0.4 is 5.56 Å². The van der Waals surface area contributed by atoms with E-state index >= 15 is 0 Å². The fourth-order valence-electron chi connectivity index (χ4n) is 6.74. The smallest absolute Gasteiger partial charge is 0.329 e. The van der Waals surface area contributed by atoms with Gasteiger partial charge >= 0.3 is 6.18 Å². The van der Waals surface area contributed by atoms with E-state index < -0.39 is 23.8 Å². The van der Waals surface area contributed by atoms with Crippen LogP contribution in [-0.4, -0.2) is 20.4 Å². The van der Waals surface area contributed by atoms with E-state index in [1.165, 1.54) is 48.2 Å². The van der Waals surface area contributed by atoms with Crippen molar-refractivity contribution in [3.8, 4) is 11.1 Å². The number of aromatic nitrogens is 2. The molecule has 49 heavy (non-hydrogen) atoms. The van der Waals surface area contributed by atoms with Gasteiger partial charge in [-0.25, -0.2) is 8.78 Å². The maximum Gasteiger partial charge on any atom is 0.416 e. The van der Waals surface area contributed by atoms with E-state index in [1.807, 2.05) is 28.8 Å². The Labute approximate surface area is 283 Å². The number of benzene rings is 4. The monoisotopic (exact) mass is 687 g/mol. The molecule has 2 unspecified atom stereocenters. The molecule has 2 aliphatic rings. The summed E-state index contributed by atoms with van der Waals surface area (Å²) < 4.78 is 68.6. The number of hydrogen-bond acceptors (Lipinski definition) is 4. The average Bonchev–Trinajstić information content (AvgIpc) is 3.71. The number of amides is 1. The van der Waals surface area contributed by atoms with Crippen molar-refractivity contribution in [2.75, 3.05) is 0 Å². The standard InChI is InChI=1S/C38H30F5N3O2S/c39-29-16-4-23(5-17-29)21-45-33(27-10-8-25(9-11-27)26-12-14-28(15-13-26)38(41,42)43)20-34(36(45)48)46-32-3-1-2-31(32)35(47)44-37(46)49-22-24-6-18-30(40)19-7-24/h4-19,33-34H,1-3,20-22H2. The Kier molecular flexibility index (Phi) is 8.87. The van der Waals surface area contributed by atoms with Crippen molar-refractivity contribution in [3.63, 3.8) is 0 Å². The second-order valence-electron chi connectivity index (χ2n) is 12.3. The number of rotatable bonds is 8. The van der Waals surface area contributed by atoms with Crippen LogP contribution in [0.25, 0.3) is 11.1 Å². The first kappa shape index (κ1) is 32.8. The molecule has 1 aliphatic carbocycles. The summed E-state index contributed by atoms with van der Waals surface area (Å²) in [5.41, 5.74) is 4.18. The van der Waals surface area contributed by atoms with Gasteiger partial charge in [0.25, 0.3) is 5.56 Å². The van der Waals surface area contributed by atoms with Crippen molar-refractivity contribution in [1.29, 1.82) is 0 Å². The minimum atomic E-state index is -4.43. The fourth-order valence-corrected chi connectivity index (χ4v) is 7.75. The molecule has 5 nitrogen and oxygen atoms in total. The van der Waals surface area contributed by atoms with Gasteiger partial charge in [-0.3, -0.25) is 9.59 Å². The van der Waals surface area contributed by atoms with Gasteiger partial charge in [-0.15, -0.1) is 0 Å². The van der Waals surface area contributed by atoms with Crippen LogP contribution in [0.4, 0.5) is 22.0 Å². The number of carbonyl (C=O) groups excluding carboxylic acids is 1. The summed E-state index contributed by atoms with van der Waals surface area (Å²) in [6.45, 7) is 0.217. The molecule has 5 aromatic rings. The summed E-state index contributed by atoms with van der Waals surface area (Å²) in [5, 5.41) is 0.424. The Bertz CT molecular complexity index is 2050. The van der Waals surface area contributed by atoms with E-state index in [0.717, 1.165) is 46.5 Å². The van der Waals surface area contributed by atoms with Crippen LogP contribution in [0.1, 0.15) is 58.4 Å². The van der Waals surface area contributed by atoms with Gasteiger partial charge in [-0.1, -0.05) is 72.4 Å². The maximum atomic E-state index is 14.5. The third kappa shape index (κ3) is 6.76. The Balaban J connectivity index is 1.24. The molecule has 2 atom stereocenters. The molecular formula is C38H30F5N3O2S. The Morgan fingerprint density at radius 1 is 0.735 bits per heavy atom. The SMILES string of the molecule is O=C1C(n2c(SCc3ccc(F)cc3)nc(=O)c3c2CCC3)CC(c2ccc(-c3ccc(C(F)(F)F)cc3)cc2)N1Cc1ccc(F)cc1. The molecular weight excluding hydrogens is 657 g/mol. The minimum Gasteiger partial charge on any atom is -0.329 e. The highest BCUT2D eigenvalue weighted by Gasteiger charge is 2.43. The summed E-state index contributed by atoms with van der Waals surface area (Å²) >= 11 is 1.33. The highest BCUT2D eigenvalue weighted by Crippen LogP contribution is 2.43. The van der Waals surface area contributed by atoms with Gasteiger partial charge in [0.1, 0.15) is 17.7 Å². The van der Waals surface area contributed by atoms with E-state index in [-0.39, 0.29) is 29.6 Å². The van der Waals surface area contributed by atoms with Crippen LogP contribution in [0, 0.1) is 11.6 Å². The number of likely N-dealkylation sites (tertiary alicyclic amines) is 1. The molecule has 0 N–H and O–H groups in total. The molecule has 4 aromatic carbocycles. The molecule has 0 saturated carbocycles. The normalized spacial score (nSPS) is 17.5. The zero-order chi connectivity index (χ0) is 34.3. The Morgan fingerprint density at radius 2 is 1.33 bits per heavy atom. The highest BCUT2D eigenvalue weighted by atomic mass is 32.2. The number of nitrogens with zero attached hydrogens (tertiary/aromatic N) is 3. The summed E-state index contributed by atoms with van der Waals surface area (Å²) in [6, 6.07) is 23.4. The van der Waals surface area contributed by atoms with E-state index in [2.05, 4.69) is 4.98 Å². The van der Waals surface area contributed by atoms with E-state index in [0.29, 0.717) is 41.3 Å². The molecule has 1 aromatic heterocycles. The lowest BCUT2D eigenvalue weighted by molar-refractivity contribution is -0.137. The first-order valence-electron chi connectivity index (χ1n) is 15.9. The third-order valence-corrected chi connectivity index (χ3v) is 10.3. The number of alkyl halides is 3.